The van der Waals surface area contributed by atoms with Crippen LogP contribution >= 0.6 is 0 Å². The number of carboxylic acids is 1. The highest BCUT2D eigenvalue weighted by Crippen LogP contribution is 2.21. The lowest BCUT2D eigenvalue weighted by Gasteiger charge is -2.17. The van der Waals surface area contributed by atoms with E-state index in [1.54, 1.807) is 24.3 Å². The molecule has 19 heavy (non-hydrogen) atoms. The van der Waals surface area contributed by atoms with Crippen LogP contribution in [0, 0.1) is 0 Å². The highest BCUT2D eigenvalue weighted by Gasteiger charge is 2.31. The van der Waals surface area contributed by atoms with E-state index >= 15 is 0 Å². The molecule has 2 unspecified atom stereocenters. The highest BCUT2D eigenvalue weighted by molar-refractivity contribution is 7.92. The minimum atomic E-state index is -1.46. The molecule has 0 amide bonds. The summed E-state index contributed by atoms with van der Waals surface area (Å²) in [6.45, 7) is 2.14. The van der Waals surface area contributed by atoms with Crippen molar-refractivity contribution in [3.63, 3.8) is 0 Å². The molecule has 0 spiro atoms. The normalized spacial score (nSPS) is 14.0. The van der Waals surface area contributed by atoms with Gasteiger partial charge in [0.25, 0.3) is 0 Å². The van der Waals surface area contributed by atoms with Gasteiger partial charge in [-0.1, -0.05) is 50.8 Å². The molecule has 1 aromatic rings. The molecular formula is C15H22O3S. The summed E-state index contributed by atoms with van der Waals surface area (Å²) < 4.78 is 12.2. The van der Waals surface area contributed by atoms with Crippen molar-refractivity contribution in [2.24, 2.45) is 0 Å². The monoisotopic (exact) mass is 282 g/mol. The van der Waals surface area contributed by atoms with Crippen molar-refractivity contribution in [1.82, 2.24) is 0 Å². The van der Waals surface area contributed by atoms with E-state index in [2.05, 4.69) is 6.92 Å². The topological polar surface area (TPSA) is 60.4 Å². The molecule has 0 aliphatic carbocycles. The Kier molecular flexibility index (Phi) is 7.60. The van der Waals surface area contributed by atoms with Crippen LogP contribution in [0.1, 0.15) is 45.4 Å². The van der Waals surface area contributed by atoms with Gasteiger partial charge in [0.1, 0.15) is 0 Å². The zero-order chi connectivity index (χ0) is 14.1. The summed E-state index contributed by atoms with van der Waals surface area (Å²) in [4.78, 5) is 11.8. The van der Waals surface area contributed by atoms with Gasteiger partial charge in [0, 0.05) is 6.42 Å². The number of rotatable bonds is 9. The van der Waals surface area contributed by atoms with E-state index in [9.17, 15) is 14.5 Å². The fourth-order valence-electron chi connectivity index (χ4n) is 1.97. The van der Waals surface area contributed by atoms with E-state index in [-0.39, 0.29) is 0 Å². The Bertz CT molecular complexity index is 367. The van der Waals surface area contributed by atoms with Crippen LogP contribution in [0.4, 0.5) is 0 Å². The van der Waals surface area contributed by atoms with Gasteiger partial charge < -0.3 is 9.66 Å². The second-order valence-electron chi connectivity index (χ2n) is 4.64. The predicted molar refractivity (Wildman–Crippen MR) is 77.7 cm³/mol. The van der Waals surface area contributed by atoms with Gasteiger partial charge in [-0.05, 0) is 29.7 Å². The second kappa shape index (κ2) is 8.99. The minimum Gasteiger partial charge on any atom is -0.611 e. The summed E-state index contributed by atoms with van der Waals surface area (Å²) in [5, 5.41) is 8.43. The summed E-state index contributed by atoms with van der Waals surface area (Å²) >= 11 is -1.46. The maximum Gasteiger partial charge on any atom is 0.357 e. The largest absolute Gasteiger partial charge is 0.611 e. The summed E-state index contributed by atoms with van der Waals surface area (Å²) in [6.07, 6.45) is 5.80. The second-order valence-corrected chi connectivity index (χ2v) is 6.28. The summed E-state index contributed by atoms with van der Waals surface area (Å²) in [6, 6.07) is 8.86. The van der Waals surface area contributed by atoms with Crippen molar-refractivity contribution in [3.8, 4) is 0 Å². The Labute approximate surface area is 118 Å². The van der Waals surface area contributed by atoms with Crippen LogP contribution in [-0.4, -0.2) is 20.9 Å². The lowest BCUT2D eigenvalue weighted by Crippen LogP contribution is -2.30. The Hall–Kier alpha value is -1.00. The quantitative estimate of drug-likeness (QED) is 0.556. The number of hydrogen-bond donors (Lipinski definition) is 1. The average Bonchev–Trinajstić information content (AvgIpc) is 2.43. The molecule has 0 bridgehead atoms. The first-order valence-corrected chi connectivity index (χ1v) is 8.06. The van der Waals surface area contributed by atoms with Gasteiger partial charge in [-0.3, -0.25) is 0 Å². The smallest absolute Gasteiger partial charge is 0.357 e. The summed E-state index contributed by atoms with van der Waals surface area (Å²) in [5.41, 5.74) is 0. The molecule has 1 aromatic carbocycles. The van der Waals surface area contributed by atoms with Gasteiger partial charge >= 0.3 is 5.97 Å². The van der Waals surface area contributed by atoms with Crippen LogP contribution < -0.4 is 0 Å². The third kappa shape index (κ3) is 5.66. The number of unbranched alkanes of at least 4 members (excludes halogenated alkanes) is 4. The molecule has 3 nitrogen and oxygen atoms in total. The highest BCUT2D eigenvalue weighted by atomic mass is 32.2. The van der Waals surface area contributed by atoms with Crippen molar-refractivity contribution in [3.05, 3.63) is 30.3 Å². The standard InChI is InChI=1S/C15H22O3S/c1-2-3-4-5-9-12-14(15(16)17)19(18)13-10-7-6-8-11-13/h6-8,10-11,14H,2-5,9,12H2,1H3,(H,16,17). The molecular weight excluding hydrogens is 260 g/mol. The Morgan fingerprint density at radius 2 is 1.84 bits per heavy atom. The van der Waals surface area contributed by atoms with E-state index in [1.807, 2.05) is 6.07 Å². The van der Waals surface area contributed by atoms with E-state index in [1.165, 1.54) is 6.42 Å². The first-order chi connectivity index (χ1) is 9.16. The van der Waals surface area contributed by atoms with Crippen LogP contribution in [0.3, 0.4) is 0 Å². The summed E-state index contributed by atoms with van der Waals surface area (Å²) in [5.74, 6) is -0.960. The maximum absolute atomic E-state index is 12.2. The lowest BCUT2D eigenvalue weighted by molar-refractivity contribution is -0.136. The van der Waals surface area contributed by atoms with Crippen LogP contribution in [0.2, 0.25) is 0 Å². The molecule has 0 aromatic heterocycles. The molecule has 1 N–H and O–H groups in total. The number of carboxylic acid groups (broad SMARTS) is 1. The zero-order valence-corrected chi connectivity index (χ0v) is 12.2. The van der Waals surface area contributed by atoms with Gasteiger partial charge in [-0.15, -0.1) is 0 Å². The third-order valence-electron chi connectivity index (χ3n) is 3.08. The van der Waals surface area contributed by atoms with Gasteiger partial charge in [0.2, 0.25) is 5.25 Å². The fourth-order valence-corrected chi connectivity index (χ4v) is 3.29. The minimum absolute atomic E-state index is 0.487. The Morgan fingerprint density at radius 3 is 2.42 bits per heavy atom. The van der Waals surface area contributed by atoms with E-state index < -0.39 is 22.4 Å². The molecule has 0 aliphatic heterocycles. The molecule has 4 heteroatoms. The zero-order valence-electron chi connectivity index (χ0n) is 11.4. The number of aliphatic carboxylic acids is 1. The average molecular weight is 282 g/mol. The number of benzene rings is 1. The lowest BCUT2D eigenvalue weighted by atomic mass is 10.1. The molecule has 1 rings (SSSR count). The number of carbonyl (C=O) groups is 1. The van der Waals surface area contributed by atoms with E-state index in [0.717, 1.165) is 25.7 Å². The van der Waals surface area contributed by atoms with E-state index in [4.69, 9.17) is 0 Å². The molecule has 106 valence electrons. The van der Waals surface area contributed by atoms with Gasteiger partial charge in [-0.25, -0.2) is 4.79 Å². The van der Waals surface area contributed by atoms with Crippen LogP contribution in [0.15, 0.2) is 35.2 Å². The predicted octanol–water partition coefficient (Wildman–Crippen LogP) is 3.61. The molecule has 0 radical (unpaired) electrons. The molecule has 0 saturated heterocycles. The van der Waals surface area contributed by atoms with Crippen LogP contribution in [0.5, 0.6) is 0 Å². The van der Waals surface area contributed by atoms with Gasteiger partial charge in [-0.2, -0.15) is 0 Å². The van der Waals surface area contributed by atoms with Crippen molar-refractivity contribution in [2.45, 2.75) is 55.6 Å². The Balaban J connectivity index is 2.50. The van der Waals surface area contributed by atoms with Crippen LogP contribution in [0.25, 0.3) is 0 Å². The van der Waals surface area contributed by atoms with Gasteiger partial charge in [0.05, 0.1) is 0 Å². The molecule has 0 aliphatic rings. The molecule has 0 fully saturated rings. The summed E-state index contributed by atoms with van der Waals surface area (Å²) in [7, 11) is 0. The van der Waals surface area contributed by atoms with Crippen molar-refractivity contribution >= 4 is 17.1 Å². The SMILES string of the molecule is CCCCCCCC(C(=O)O)[S+]([O-])c1ccccc1. The van der Waals surface area contributed by atoms with E-state index in [0.29, 0.717) is 11.3 Å². The Morgan fingerprint density at radius 1 is 1.21 bits per heavy atom. The van der Waals surface area contributed by atoms with Crippen molar-refractivity contribution < 1.29 is 14.5 Å². The van der Waals surface area contributed by atoms with Crippen LogP contribution in [-0.2, 0) is 16.0 Å². The van der Waals surface area contributed by atoms with Crippen molar-refractivity contribution in [1.29, 1.82) is 0 Å². The van der Waals surface area contributed by atoms with Crippen molar-refractivity contribution in [2.75, 3.05) is 0 Å². The molecule has 0 heterocycles. The molecule has 0 saturated carbocycles. The first-order valence-electron chi connectivity index (χ1n) is 6.85. The third-order valence-corrected chi connectivity index (χ3v) is 4.77. The fraction of sp³-hybridized carbons (Fsp3) is 0.533. The number of hydrogen-bond acceptors (Lipinski definition) is 2. The molecule has 2 atom stereocenters. The maximum atomic E-state index is 12.2. The van der Waals surface area contributed by atoms with Gasteiger partial charge in [0.15, 0.2) is 4.90 Å². The first kappa shape index (κ1) is 16.1.